The summed E-state index contributed by atoms with van der Waals surface area (Å²) in [4.78, 5) is 51.4. The molecule has 0 saturated carbocycles. The number of rotatable bonds is 9. The van der Waals surface area contributed by atoms with Crippen molar-refractivity contribution in [2.75, 3.05) is 0 Å². The summed E-state index contributed by atoms with van der Waals surface area (Å²) >= 11 is 0. The summed E-state index contributed by atoms with van der Waals surface area (Å²) in [5.74, 6) is -3.25. The van der Waals surface area contributed by atoms with E-state index < -0.39 is 52.3 Å². The number of ether oxygens (including phenoxy) is 3. The largest absolute Gasteiger partial charge is 0.508 e. The van der Waals surface area contributed by atoms with Crippen molar-refractivity contribution in [3.63, 3.8) is 0 Å². The van der Waals surface area contributed by atoms with E-state index in [4.69, 9.17) is 14.2 Å². The average Bonchev–Trinajstić information content (AvgIpc) is 2.67. The second-order valence-electron chi connectivity index (χ2n) is 12.0. The molecule has 0 heterocycles. The van der Waals surface area contributed by atoms with Crippen molar-refractivity contribution < 1.29 is 43.6 Å². The molecule has 3 N–H and O–H groups in total. The fraction of sp³-hybridized carbons (Fsp3) is 0.630. The summed E-state index contributed by atoms with van der Waals surface area (Å²) in [6, 6.07) is 4.47. The molecule has 1 amide bonds. The van der Waals surface area contributed by atoms with Gasteiger partial charge in [0.05, 0.1) is 0 Å². The minimum absolute atomic E-state index is 0.0199. The van der Waals surface area contributed by atoms with E-state index >= 15 is 0 Å². The number of esters is 2. The highest BCUT2D eigenvalue weighted by Crippen LogP contribution is 2.34. The van der Waals surface area contributed by atoms with Gasteiger partial charge in [-0.15, -0.1) is 0 Å². The molecule has 0 aliphatic carbocycles. The number of carboxylic acids is 1. The minimum atomic E-state index is -2.10. The number of aliphatic carboxylic acids is 1. The molecule has 0 fully saturated rings. The lowest BCUT2D eigenvalue weighted by Crippen LogP contribution is -2.49. The molecular weight excluding hydrogens is 482 g/mol. The van der Waals surface area contributed by atoms with Crippen molar-refractivity contribution in [1.29, 1.82) is 0 Å². The van der Waals surface area contributed by atoms with Crippen molar-refractivity contribution in [3.8, 4) is 5.75 Å². The highest BCUT2D eigenvalue weighted by molar-refractivity contribution is 5.99. The zero-order chi connectivity index (χ0) is 28.8. The average molecular weight is 524 g/mol. The molecule has 0 aliphatic rings. The fourth-order valence-electron chi connectivity index (χ4n) is 3.33. The van der Waals surface area contributed by atoms with Crippen LogP contribution in [0.5, 0.6) is 5.75 Å². The van der Waals surface area contributed by atoms with Crippen LogP contribution in [0.1, 0.15) is 80.7 Å². The summed E-state index contributed by atoms with van der Waals surface area (Å²) in [5, 5.41) is 22.4. The molecule has 0 aliphatic heterocycles. The van der Waals surface area contributed by atoms with Gasteiger partial charge in [-0.05, 0) is 99.3 Å². The van der Waals surface area contributed by atoms with Crippen LogP contribution in [0.25, 0.3) is 0 Å². The summed E-state index contributed by atoms with van der Waals surface area (Å²) in [6.07, 6.45) is -1.78. The predicted molar refractivity (Wildman–Crippen MR) is 136 cm³/mol. The Hall–Kier alpha value is -3.30. The smallest absolute Gasteiger partial charge is 0.408 e. The number of amides is 1. The Balaban J connectivity index is 3.41. The molecule has 1 aromatic carbocycles. The molecule has 0 spiro atoms. The van der Waals surface area contributed by atoms with Crippen LogP contribution < -0.4 is 5.32 Å². The van der Waals surface area contributed by atoms with Gasteiger partial charge in [0.2, 0.25) is 0 Å². The van der Waals surface area contributed by atoms with Crippen LogP contribution in [0.4, 0.5) is 4.79 Å². The SMILES string of the molecule is CC(C)(C)OC(=O)N[C@@H](CCC(Cc1ccc(O)cc1)(C(=O)O)C(=O)OC(C)(C)C)C(=O)OC(C)(C)C. The third kappa shape index (κ3) is 11.1. The van der Waals surface area contributed by atoms with Crippen LogP contribution >= 0.6 is 0 Å². The maximum Gasteiger partial charge on any atom is 0.408 e. The quantitative estimate of drug-likeness (QED) is 0.244. The lowest BCUT2D eigenvalue weighted by atomic mass is 9.76. The van der Waals surface area contributed by atoms with Gasteiger partial charge in [0.1, 0.15) is 28.6 Å². The molecule has 2 atom stereocenters. The fourth-order valence-corrected chi connectivity index (χ4v) is 3.33. The van der Waals surface area contributed by atoms with Crippen molar-refractivity contribution in [2.24, 2.45) is 5.41 Å². The number of carboxylic acid groups (broad SMARTS) is 1. The number of phenols is 1. The zero-order valence-corrected chi connectivity index (χ0v) is 23.3. The summed E-state index contributed by atoms with van der Waals surface area (Å²) in [6.45, 7) is 14.8. The lowest BCUT2D eigenvalue weighted by Gasteiger charge is -2.33. The number of hydrogen-bond acceptors (Lipinski definition) is 8. The molecule has 37 heavy (non-hydrogen) atoms. The van der Waals surface area contributed by atoms with Gasteiger partial charge in [-0.2, -0.15) is 0 Å². The maximum atomic E-state index is 13.3. The number of alkyl carbamates (subject to hydrolysis) is 1. The predicted octanol–water partition coefficient (Wildman–Crippen LogP) is 4.36. The molecule has 0 radical (unpaired) electrons. The van der Waals surface area contributed by atoms with Gasteiger partial charge in [-0.25, -0.2) is 9.59 Å². The topological polar surface area (TPSA) is 148 Å². The summed E-state index contributed by atoms with van der Waals surface area (Å²) in [7, 11) is 0. The van der Waals surface area contributed by atoms with Gasteiger partial charge in [0.25, 0.3) is 0 Å². The number of carbonyl (C=O) groups is 4. The van der Waals surface area contributed by atoms with Crippen LogP contribution in [0.2, 0.25) is 0 Å². The zero-order valence-electron chi connectivity index (χ0n) is 23.3. The van der Waals surface area contributed by atoms with E-state index in [1.165, 1.54) is 24.3 Å². The Morgan fingerprint density at radius 2 is 1.30 bits per heavy atom. The molecule has 10 nitrogen and oxygen atoms in total. The minimum Gasteiger partial charge on any atom is -0.508 e. The number of aromatic hydroxyl groups is 1. The second kappa shape index (κ2) is 11.8. The standard InChI is InChI=1S/C27H41NO9/c1-24(2,3)35-20(30)19(28-23(34)37-26(7,8)9)14-15-27(21(31)32,22(33)36-25(4,5)6)16-17-10-12-18(29)13-11-17/h10-13,19,29H,14-16H2,1-9H3,(H,28,34)(H,31,32)/t19-,27?/m0/s1. The second-order valence-corrected chi connectivity index (χ2v) is 12.0. The molecule has 0 aromatic heterocycles. The molecular formula is C27H41NO9. The third-order valence-electron chi connectivity index (χ3n) is 4.88. The Morgan fingerprint density at radius 3 is 1.73 bits per heavy atom. The first kappa shape index (κ1) is 31.7. The number of hydrogen-bond donors (Lipinski definition) is 3. The molecule has 1 unspecified atom stereocenters. The monoisotopic (exact) mass is 523 g/mol. The van der Waals surface area contributed by atoms with E-state index in [9.17, 15) is 29.4 Å². The van der Waals surface area contributed by atoms with Crippen LogP contribution in [0.15, 0.2) is 24.3 Å². The van der Waals surface area contributed by atoms with Crippen molar-refractivity contribution in [2.45, 2.75) is 104 Å². The van der Waals surface area contributed by atoms with Gasteiger partial charge in [-0.1, -0.05) is 12.1 Å². The Bertz CT molecular complexity index is 966. The Kier molecular flexibility index (Phi) is 10.1. The van der Waals surface area contributed by atoms with Gasteiger partial charge in [0.15, 0.2) is 5.41 Å². The van der Waals surface area contributed by atoms with E-state index in [0.29, 0.717) is 5.56 Å². The first-order valence-corrected chi connectivity index (χ1v) is 12.1. The summed E-state index contributed by atoms with van der Waals surface area (Å²) in [5.41, 5.74) is -4.35. The normalized spacial score (nSPS) is 14.6. The molecule has 0 saturated heterocycles. The lowest BCUT2D eigenvalue weighted by molar-refractivity contribution is -0.178. The highest BCUT2D eigenvalue weighted by Gasteiger charge is 2.49. The molecule has 208 valence electrons. The Labute approximate surface area is 218 Å². The number of nitrogens with one attached hydrogen (secondary N) is 1. The number of phenolic OH excluding ortho intramolecular Hbond substituents is 1. The van der Waals surface area contributed by atoms with Crippen LogP contribution in [-0.2, 0) is 35.0 Å². The summed E-state index contributed by atoms with van der Waals surface area (Å²) < 4.78 is 16.2. The molecule has 10 heteroatoms. The van der Waals surface area contributed by atoms with E-state index in [1.807, 2.05) is 0 Å². The van der Waals surface area contributed by atoms with Gasteiger partial charge < -0.3 is 29.7 Å². The van der Waals surface area contributed by atoms with Crippen LogP contribution in [-0.4, -0.2) is 57.1 Å². The molecule has 1 rings (SSSR count). The molecule has 0 bridgehead atoms. The van der Waals surface area contributed by atoms with Crippen molar-refractivity contribution >= 4 is 24.0 Å². The van der Waals surface area contributed by atoms with E-state index in [1.54, 1.807) is 62.3 Å². The Morgan fingerprint density at radius 1 is 0.811 bits per heavy atom. The number of benzene rings is 1. The van der Waals surface area contributed by atoms with Crippen LogP contribution in [0.3, 0.4) is 0 Å². The van der Waals surface area contributed by atoms with Crippen molar-refractivity contribution in [3.05, 3.63) is 29.8 Å². The van der Waals surface area contributed by atoms with Crippen molar-refractivity contribution in [1.82, 2.24) is 5.32 Å². The van der Waals surface area contributed by atoms with Crippen LogP contribution in [0, 0.1) is 5.41 Å². The van der Waals surface area contributed by atoms with E-state index in [0.717, 1.165) is 0 Å². The highest BCUT2D eigenvalue weighted by atomic mass is 16.6. The first-order valence-electron chi connectivity index (χ1n) is 12.1. The van der Waals surface area contributed by atoms with E-state index in [2.05, 4.69) is 5.32 Å². The van der Waals surface area contributed by atoms with E-state index in [-0.39, 0.29) is 25.0 Å². The maximum absolute atomic E-state index is 13.3. The molecule has 1 aromatic rings. The van der Waals surface area contributed by atoms with Gasteiger partial charge >= 0.3 is 24.0 Å². The number of carbonyl (C=O) groups excluding carboxylic acids is 3. The van der Waals surface area contributed by atoms with Gasteiger partial charge in [0, 0.05) is 0 Å². The first-order chi connectivity index (χ1) is 16.6. The van der Waals surface area contributed by atoms with Gasteiger partial charge in [-0.3, -0.25) is 9.59 Å². The third-order valence-corrected chi connectivity index (χ3v) is 4.88.